The van der Waals surface area contributed by atoms with Gasteiger partial charge in [0.25, 0.3) is 0 Å². The van der Waals surface area contributed by atoms with Gasteiger partial charge in [-0.1, -0.05) is 12.1 Å². The number of aldehydes is 1. The lowest BCUT2D eigenvalue weighted by molar-refractivity contribution is 0.00982. The van der Waals surface area contributed by atoms with Gasteiger partial charge in [-0.3, -0.25) is 4.79 Å². The maximum atomic E-state index is 13.5. The van der Waals surface area contributed by atoms with Crippen molar-refractivity contribution in [2.75, 3.05) is 13.2 Å². The van der Waals surface area contributed by atoms with Crippen molar-refractivity contribution in [3.63, 3.8) is 0 Å². The van der Waals surface area contributed by atoms with E-state index in [1.807, 2.05) is 0 Å². The van der Waals surface area contributed by atoms with Crippen molar-refractivity contribution in [1.29, 1.82) is 0 Å². The Labute approximate surface area is 99.5 Å². The Morgan fingerprint density at radius 3 is 3.06 bits per heavy atom. The maximum absolute atomic E-state index is 13.5. The summed E-state index contributed by atoms with van der Waals surface area (Å²) in [6.45, 7) is 1.50. The molecule has 1 aliphatic heterocycles. The van der Waals surface area contributed by atoms with Crippen molar-refractivity contribution < 1.29 is 18.7 Å². The fourth-order valence-corrected chi connectivity index (χ4v) is 1.83. The molecule has 92 valence electrons. The first-order valence-electron chi connectivity index (χ1n) is 5.72. The Morgan fingerprint density at radius 2 is 2.41 bits per heavy atom. The van der Waals surface area contributed by atoms with Gasteiger partial charge in [0, 0.05) is 17.7 Å². The van der Waals surface area contributed by atoms with E-state index in [0.29, 0.717) is 24.0 Å². The molecule has 2 rings (SSSR count). The van der Waals surface area contributed by atoms with Crippen LogP contribution in [0.3, 0.4) is 0 Å². The molecule has 4 heteroatoms. The summed E-state index contributed by atoms with van der Waals surface area (Å²) in [5.74, 6) is -0.401. The minimum Gasteiger partial charge on any atom is -0.376 e. The summed E-state index contributed by atoms with van der Waals surface area (Å²) < 4.78 is 24.3. The lowest BCUT2D eigenvalue weighted by Gasteiger charge is -2.10. The summed E-state index contributed by atoms with van der Waals surface area (Å²) in [6.07, 6.45) is 2.84. The first kappa shape index (κ1) is 12.2. The van der Waals surface area contributed by atoms with Crippen LogP contribution in [0, 0.1) is 5.82 Å². The average Bonchev–Trinajstić information content (AvgIpc) is 2.84. The number of benzene rings is 1. The molecule has 1 atom stereocenters. The third kappa shape index (κ3) is 3.35. The maximum Gasteiger partial charge on any atom is 0.150 e. The molecule has 0 spiro atoms. The predicted octanol–water partition coefficient (Wildman–Crippen LogP) is 2.33. The van der Waals surface area contributed by atoms with Gasteiger partial charge in [0.1, 0.15) is 12.1 Å². The van der Waals surface area contributed by atoms with Crippen molar-refractivity contribution in [1.82, 2.24) is 0 Å². The molecule has 1 aliphatic rings. The topological polar surface area (TPSA) is 35.5 Å². The molecule has 1 saturated heterocycles. The molecule has 0 amide bonds. The highest BCUT2D eigenvalue weighted by Gasteiger charge is 2.15. The standard InChI is InChI=1S/C13H15FO3/c14-13-6-10(7-15)3-4-11(13)8-16-9-12-2-1-5-17-12/h3-4,6-7,12H,1-2,5,8-9H2/t12-/m1/s1. The summed E-state index contributed by atoms with van der Waals surface area (Å²) in [4.78, 5) is 10.4. The molecule has 0 N–H and O–H groups in total. The zero-order valence-electron chi connectivity index (χ0n) is 9.52. The van der Waals surface area contributed by atoms with E-state index in [0.717, 1.165) is 19.4 Å². The van der Waals surface area contributed by atoms with E-state index in [4.69, 9.17) is 9.47 Å². The molecule has 1 fully saturated rings. The molecule has 1 aromatic rings. The van der Waals surface area contributed by atoms with Crippen molar-refractivity contribution in [2.45, 2.75) is 25.6 Å². The van der Waals surface area contributed by atoms with Crippen LogP contribution in [0.5, 0.6) is 0 Å². The molecule has 0 unspecified atom stereocenters. The van der Waals surface area contributed by atoms with E-state index >= 15 is 0 Å². The predicted molar refractivity (Wildman–Crippen MR) is 60.4 cm³/mol. The normalized spacial score (nSPS) is 19.5. The van der Waals surface area contributed by atoms with Crippen LogP contribution < -0.4 is 0 Å². The van der Waals surface area contributed by atoms with E-state index in [2.05, 4.69) is 0 Å². The first-order chi connectivity index (χ1) is 8.29. The second kappa shape index (κ2) is 5.89. The number of carbonyl (C=O) groups is 1. The van der Waals surface area contributed by atoms with Crippen molar-refractivity contribution in [3.8, 4) is 0 Å². The number of rotatable bonds is 5. The van der Waals surface area contributed by atoms with Crippen LogP contribution in [0.2, 0.25) is 0 Å². The van der Waals surface area contributed by atoms with Gasteiger partial charge in [-0.15, -0.1) is 0 Å². The summed E-state index contributed by atoms with van der Waals surface area (Å²) in [5.41, 5.74) is 0.805. The fourth-order valence-electron chi connectivity index (χ4n) is 1.83. The van der Waals surface area contributed by atoms with Gasteiger partial charge in [0.15, 0.2) is 0 Å². The number of carbonyl (C=O) groups excluding carboxylic acids is 1. The molecule has 0 bridgehead atoms. The van der Waals surface area contributed by atoms with Crippen molar-refractivity contribution >= 4 is 6.29 Å². The Hall–Kier alpha value is -1.26. The molecule has 1 heterocycles. The van der Waals surface area contributed by atoms with Crippen LogP contribution in [0.25, 0.3) is 0 Å². The van der Waals surface area contributed by atoms with E-state index in [-0.39, 0.29) is 12.7 Å². The summed E-state index contributed by atoms with van der Waals surface area (Å²) >= 11 is 0. The molecule has 0 radical (unpaired) electrons. The highest BCUT2D eigenvalue weighted by molar-refractivity contribution is 5.74. The Bertz CT molecular complexity index is 386. The molecule has 0 saturated carbocycles. The summed E-state index contributed by atoms with van der Waals surface area (Å²) in [5, 5.41) is 0. The van der Waals surface area contributed by atoms with Gasteiger partial charge in [0.2, 0.25) is 0 Å². The van der Waals surface area contributed by atoms with Crippen LogP contribution in [0.15, 0.2) is 18.2 Å². The Morgan fingerprint density at radius 1 is 1.53 bits per heavy atom. The highest BCUT2D eigenvalue weighted by Crippen LogP contribution is 2.14. The smallest absolute Gasteiger partial charge is 0.150 e. The average molecular weight is 238 g/mol. The second-order valence-corrected chi connectivity index (χ2v) is 4.12. The lowest BCUT2D eigenvalue weighted by atomic mass is 10.1. The number of hydrogen-bond acceptors (Lipinski definition) is 3. The summed E-state index contributed by atoms with van der Waals surface area (Å²) in [6, 6.07) is 4.38. The molecule has 1 aromatic carbocycles. The van der Waals surface area contributed by atoms with Crippen molar-refractivity contribution in [3.05, 3.63) is 35.1 Å². The second-order valence-electron chi connectivity index (χ2n) is 4.12. The summed E-state index contributed by atoms with van der Waals surface area (Å²) in [7, 11) is 0. The number of hydrogen-bond donors (Lipinski definition) is 0. The minimum atomic E-state index is -0.401. The van der Waals surface area contributed by atoms with Crippen LogP contribution >= 0.6 is 0 Å². The van der Waals surface area contributed by atoms with Gasteiger partial charge in [0.05, 0.1) is 19.3 Å². The zero-order chi connectivity index (χ0) is 12.1. The van der Waals surface area contributed by atoms with Gasteiger partial charge in [-0.25, -0.2) is 4.39 Å². The Kier molecular flexibility index (Phi) is 4.23. The molecule has 0 aliphatic carbocycles. The van der Waals surface area contributed by atoms with E-state index < -0.39 is 5.82 Å². The van der Waals surface area contributed by atoms with E-state index in [1.165, 1.54) is 6.07 Å². The van der Waals surface area contributed by atoms with E-state index in [9.17, 15) is 9.18 Å². The third-order valence-electron chi connectivity index (χ3n) is 2.80. The number of halogens is 1. The molecular weight excluding hydrogens is 223 g/mol. The number of ether oxygens (including phenoxy) is 2. The van der Waals surface area contributed by atoms with Gasteiger partial charge in [-0.2, -0.15) is 0 Å². The van der Waals surface area contributed by atoms with Gasteiger partial charge >= 0.3 is 0 Å². The highest BCUT2D eigenvalue weighted by atomic mass is 19.1. The van der Waals surface area contributed by atoms with Gasteiger partial charge in [-0.05, 0) is 18.9 Å². The first-order valence-corrected chi connectivity index (χ1v) is 5.72. The molecular formula is C13H15FO3. The van der Waals surface area contributed by atoms with Crippen LogP contribution in [0.4, 0.5) is 4.39 Å². The van der Waals surface area contributed by atoms with E-state index in [1.54, 1.807) is 12.1 Å². The minimum absolute atomic E-state index is 0.146. The van der Waals surface area contributed by atoms with Crippen molar-refractivity contribution in [2.24, 2.45) is 0 Å². The van der Waals surface area contributed by atoms with Crippen LogP contribution in [-0.2, 0) is 16.1 Å². The van der Waals surface area contributed by atoms with Gasteiger partial charge < -0.3 is 9.47 Å². The lowest BCUT2D eigenvalue weighted by Crippen LogP contribution is -2.14. The van der Waals surface area contributed by atoms with Crippen LogP contribution in [0.1, 0.15) is 28.8 Å². The third-order valence-corrected chi connectivity index (χ3v) is 2.80. The zero-order valence-corrected chi connectivity index (χ0v) is 9.52. The fraction of sp³-hybridized carbons (Fsp3) is 0.462. The monoisotopic (exact) mass is 238 g/mol. The molecule has 3 nitrogen and oxygen atoms in total. The molecule has 0 aromatic heterocycles. The Balaban J connectivity index is 1.83. The largest absolute Gasteiger partial charge is 0.376 e. The quantitative estimate of drug-likeness (QED) is 0.738. The van der Waals surface area contributed by atoms with Crippen LogP contribution in [-0.4, -0.2) is 25.6 Å². The SMILES string of the molecule is O=Cc1ccc(COC[C@H]2CCCO2)c(F)c1. The molecule has 17 heavy (non-hydrogen) atoms.